The third-order valence-electron chi connectivity index (χ3n) is 27.1. The SMILES string of the molecule is [CH-]1CCCC2C3NC(NC4NC(NC5NC(NC6NC(N3)C3CCCCC63)C3CCCCC53)C3CCCCC43)C12.[CH-]1CCCC2C3NC(NC4NC(NC5NC(NC6NC(N3)C3CCCCC63)C3CCCCC53)C3CCCCC43)C12.[SiH4].[Zn+2]. The molecule has 8 aliphatic carbocycles. The fourth-order valence-corrected chi connectivity index (χ4v) is 23.5. The van der Waals surface area contributed by atoms with Gasteiger partial charge in [0.25, 0.3) is 0 Å². The summed E-state index contributed by atoms with van der Waals surface area (Å²) in [5.41, 5.74) is 0. The fraction of sp³-hybridized carbons (Fsp3) is 0.969. The van der Waals surface area contributed by atoms with E-state index in [2.05, 4.69) is 97.9 Å². The van der Waals surface area contributed by atoms with Gasteiger partial charge in [-0.15, -0.1) is 11.8 Å². The normalized spacial score (nSPS) is 56.2. The average molecular weight is 1200 g/mol. The standard InChI is InChI=1S/2C32H55N8.H4Si.Zn/c2*1-2-10-18-17(9-1)25-33-26(18)38-28-21-13-5-6-14-22(21)30(35-28)40-32-24-16-8-7-15-23(24)31(36-32)39-29-20-12-4-3-11-19(20)27(34-29)37-25;;/h2*9,17-40H,1-8,10-16H2;1H4;/q2*-1;;+2. The monoisotopic (exact) mass is 1200 g/mol. The molecule has 18 heteroatoms. The molecule has 82 heavy (non-hydrogen) atoms. The summed E-state index contributed by atoms with van der Waals surface area (Å²) < 4.78 is 0. The summed E-state index contributed by atoms with van der Waals surface area (Å²) in [5, 5.41) is 67.3. The van der Waals surface area contributed by atoms with Crippen LogP contribution >= 0.6 is 0 Å². The van der Waals surface area contributed by atoms with Crippen LogP contribution in [0.3, 0.4) is 0 Å². The van der Waals surface area contributed by atoms with Gasteiger partial charge in [0.05, 0.1) is 86.3 Å². The smallest absolute Gasteiger partial charge is 0.322 e. The molecule has 18 rings (SSSR count). The maximum Gasteiger partial charge on any atom is 2.00 e. The molecule has 0 spiro atoms. The Morgan fingerprint density at radius 2 is 0.305 bits per heavy atom. The van der Waals surface area contributed by atoms with Gasteiger partial charge in [-0.2, -0.15) is 12.8 Å². The molecule has 0 radical (unpaired) electrons. The zero-order chi connectivity index (χ0) is 52.4. The van der Waals surface area contributed by atoms with E-state index in [-0.39, 0.29) is 30.4 Å². The quantitative estimate of drug-likeness (QED) is 0.125. The topological polar surface area (TPSA) is 192 Å². The largest absolute Gasteiger partial charge is 2.00 e. The van der Waals surface area contributed by atoms with E-state index >= 15 is 0 Å². The maximum atomic E-state index is 4.25. The molecule has 10 aliphatic heterocycles. The second kappa shape index (κ2) is 25.1. The van der Waals surface area contributed by atoms with Crippen molar-refractivity contribution in [3.63, 3.8) is 0 Å². The van der Waals surface area contributed by atoms with Crippen LogP contribution < -0.4 is 85.1 Å². The van der Waals surface area contributed by atoms with E-state index in [1.54, 1.807) is 0 Å². The predicted octanol–water partition coefficient (Wildman–Crippen LogP) is 3.39. The summed E-state index contributed by atoms with van der Waals surface area (Å²) in [6.07, 6.45) is 52.9. The van der Waals surface area contributed by atoms with E-state index in [1.165, 1.54) is 193 Å². The van der Waals surface area contributed by atoms with Gasteiger partial charge in [-0.25, -0.2) is 0 Å². The van der Waals surface area contributed by atoms with Gasteiger partial charge in [-0.1, -0.05) is 103 Å². The first-order valence-corrected chi connectivity index (χ1v) is 35.4. The van der Waals surface area contributed by atoms with Crippen molar-refractivity contribution in [2.24, 2.45) is 94.7 Å². The molecule has 16 nitrogen and oxygen atoms in total. The van der Waals surface area contributed by atoms with Gasteiger partial charge >= 0.3 is 19.5 Å². The van der Waals surface area contributed by atoms with Crippen LogP contribution in [0.25, 0.3) is 0 Å². The van der Waals surface area contributed by atoms with Crippen LogP contribution in [0.15, 0.2) is 0 Å². The van der Waals surface area contributed by atoms with Crippen LogP contribution in [0.2, 0.25) is 0 Å². The molecule has 0 aromatic carbocycles. The number of rotatable bonds is 0. The molecule has 456 valence electrons. The predicted molar refractivity (Wildman–Crippen MR) is 325 cm³/mol. The van der Waals surface area contributed by atoms with E-state index in [9.17, 15) is 0 Å². The Morgan fingerprint density at radius 3 is 0.476 bits per heavy atom. The third kappa shape index (κ3) is 10.8. The second-order valence-corrected chi connectivity index (χ2v) is 30.8. The van der Waals surface area contributed by atoms with Crippen molar-refractivity contribution in [2.75, 3.05) is 0 Å². The maximum absolute atomic E-state index is 4.25. The molecule has 18 aliphatic rings. The fourth-order valence-electron chi connectivity index (χ4n) is 23.5. The summed E-state index contributed by atoms with van der Waals surface area (Å²) in [5.74, 6) is 11.5. The minimum atomic E-state index is 0. The molecule has 32 atom stereocenters. The Morgan fingerprint density at radius 1 is 0.171 bits per heavy atom. The first-order valence-electron chi connectivity index (χ1n) is 35.4. The van der Waals surface area contributed by atoms with E-state index < -0.39 is 0 Å². The Hall–Kier alpha value is 0.200. The van der Waals surface area contributed by atoms with Gasteiger partial charge in [-0.05, 0) is 171 Å². The van der Waals surface area contributed by atoms with Gasteiger partial charge in [0.1, 0.15) is 0 Å². The molecule has 16 bridgehead atoms. The Kier molecular flexibility index (Phi) is 17.9. The van der Waals surface area contributed by atoms with Gasteiger partial charge in [0, 0.05) is 12.3 Å². The molecular weight excluding hydrogens is 1090 g/mol. The first-order chi connectivity index (χ1) is 39.6. The van der Waals surface area contributed by atoms with Crippen LogP contribution in [0.5, 0.6) is 0 Å². The summed E-state index contributed by atoms with van der Waals surface area (Å²) in [6, 6.07) is 0. The molecule has 16 N–H and O–H groups in total. The molecule has 0 aromatic rings. The first kappa shape index (κ1) is 58.6. The van der Waals surface area contributed by atoms with Crippen molar-refractivity contribution in [2.45, 2.75) is 291 Å². The van der Waals surface area contributed by atoms with Crippen LogP contribution in [0, 0.1) is 108 Å². The van der Waals surface area contributed by atoms with Gasteiger partial charge in [0.15, 0.2) is 0 Å². The Bertz CT molecular complexity index is 1580. The molecule has 10 saturated heterocycles. The molecular formula is C64H114N16SiZn. The van der Waals surface area contributed by atoms with Crippen LogP contribution in [-0.2, 0) is 19.5 Å². The van der Waals surface area contributed by atoms with Crippen molar-refractivity contribution in [3.8, 4) is 0 Å². The van der Waals surface area contributed by atoms with Crippen LogP contribution in [0.4, 0.5) is 0 Å². The van der Waals surface area contributed by atoms with Crippen molar-refractivity contribution >= 4 is 11.0 Å². The van der Waals surface area contributed by atoms with Crippen LogP contribution in [-0.4, -0.2) is 110 Å². The molecule has 8 saturated carbocycles. The summed E-state index contributed by atoms with van der Waals surface area (Å²) in [7, 11) is 0. The number of hydrogen-bond donors (Lipinski definition) is 16. The van der Waals surface area contributed by atoms with Gasteiger partial charge < -0.3 is 12.8 Å². The minimum absolute atomic E-state index is 0. The van der Waals surface area contributed by atoms with Crippen molar-refractivity contribution in [3.05, 3.63) is 12.8 Å². The van der Waals surface area contributed by atoms with Gasteiger partial charge in [-0.3, -0.25) is 85.1 Å². The molecule has 32 unspecified atom stereocenters. The van der Waals surface area contributed by atoms with E-state index in [1.807, 2.05) is 0 Å². The Balaban J connectivity index is 0.000000137. The Labute approximate surface area is 511 Å². The summed E-state index contributed by atoms with van der Waals surface area (Å²) in [4.78, 5) is 0. The van der Waals surface area contributed by atoms with Crippen LogP contribution in [0.1, 0.15) is 193 Å². The molecule has 0 aromatic heterocycles. The third-order valence-corrected chi connectivity index (χ3v) is 27.1. The average Bonchev–Trinajstić information content (AvgIpc) is 4.53. The van der Waals surface area contributed by atoms with E-state index in [0.29, 0.717) is 122 Å². The van der Waals surface area contributed by atoms with E-state index in [4.69, 9.17) is 0 Å². The van der Waals surface area contributed by atoms with Gasteiger partial charge in [0.2, 0.25) is 0 Å². The molecule has 0 amide bonds. The minimum Gasteiger partial charge on any atom is -0.322 e. The zero-order valence-electron chi connectivity index (χ0n) is 49.6. The number of hydrogen-bond acceptors (Lipinski definition) is 16. The second-order valence-electron chi connectivity index (χ2n) is 30.8. The molecule has 18 fully saturated rings. The number of nitrogens with one attached hydrogen (secondary N) is 16. The van der Waals surface area contributed by atoms with Crippen molar-refractivity contribution in [1.29, 1.82) is 0 Å². The van der Waals surface area contributed by atoms with Crippen molar-refractivity contribution in [1.82, 2.24) is 85.1 Å². The summed E-state index contributed by atoms with van der Waals surface area (Å²) in [6.45, 7) is 0. The number of fused-ring (bicyclic) bond motifs is 40. The van der Waals surface area contributed by atoms with E-state index in [0.717, 1.165) is 71.0 Å². The zero-order valence-corrected chi connectivity index (χ0v) is 52.5. The summed E-state index contributed by atoms with van der Waals surface area (Å²) >= 11 is 0. The van der Waals surface area contributed by atoms with Crippen molar-refractivity contribution < 1.29 is 19.5 Å². The molecule has 10 heterocycles.